The largest absolute Gasteiger partial charge is 0.493 e. The third-order valence-electron chi connectivity index (χ3n) is 5.25. The van der Waals surface area contributed by atoms with Crippen molar-refractivity contribution in [1.29, 1.82) is 0 Å². The van der Waals surface area contributed by atoms with Crippen LogP contribution in [0.25, 0.3) is 0 Å². The third kappa shape index (κ3) is 4.16. The van der Waals surface area contributed by atoms with Crippen molar-refractivity contribution < 1.29 is 23.8 Å². The average Bonchev–Trinajstić information content (AvgIpc) is 2.71. The number of esters is 1. The number of hydrogen-bond acceptors (Lipinski definition) is 6. The highest BCUT2D eigenvalue weighted by Crippen LogP contribution is 2.44. The van der Waals surface area contributed by atoms with E-state index in [4.69, 9.17) is 14.2 Å². The van der Waals surface area contributed by atoms with Gasteiger partial charge in [0.25, 0.3) is 0 Å². The highest BCUT2D eigenvalue weighted by Gasteiger charge is 2.39. The fraction of sp³-hybridized carbons (Fsp3) is 0.478. The number of nitrogens with one attached hydrogen (secondary N) is 1. The lowest BCUT2D eigenvalue weighted by atomic mass is 9.75. The van der Waals surface area contributed by atoms with Crippen LogP contribution in [0.3, 0.4) is 0 Å². The van der Waals surface area contributed by atoms with Gasteiger partial charge in [-0.05, 0) is 50.8 Å². The minimum atomic E-state index is -0.479. The molecule has 0 saturated carbocycles. The summed E-state index contributed by atoms with van der Waals surface area (Å²) >= 11 is 0. The highest BCUT2D eigenvalue weighted by atomic mass is 16.5. The molecule has 1 aromatic rings. The first-order chi connectivity index (χ1) is 14.0. The smallest absolute Gasteiger partial charge is 0.336 e. The van der Waals surface area contributed by atoms with Crippen molar-refractivity contribution in [3.8, 4) is 11.5 Å². The van der Waals surface area contributed by atoms with Crippen molar-refractivity contribution in [3.63, 3.8) is 0 Å². The molecule has 0 saturated heterocycles. The van der Waals surface area contributed by atoms with Crippen LogP contribution in [0, 0.1) is 0 Å². The van der Waals surface area contributed by atoms with Crippen LogP contribution in [0.5, 0.6) is 11.5 Å². The predicted octanol–water partition coefficient (Wildman–Crippen LogP) is 4.02. The van der Waals surface area contributed by atoms with Crippen LogP contribution >= 0.6 is 0 Å². The maximum absolute atomic E-state index is 12.9. The first-order valence-corrected chi connectivity index (χ1v) is 10.2. The Bertz CT molecular complexity index is 868. The SMILES string of the molecule is CCCOC(=O)C1=C(C)NC2=C(C(=O)CCC2)C1c1ccc(OCC)c(OC)c1. The number of benzene rings is 1. The molecule has 1 aliphatic heterocycles. The molecule has 0 bridgehead atoms. The van der Waals surface area contributed by atoms with E-state index >= 15 is 0 Å². The van der Waals surface area contributed by atoms with Gasteiger partial charge in [-0.2, -0.15) is 0 Å². The quantitative estimate of drug-likeness (QED) is 0.698. The van der Waals surface area contributed by atoms with Gasteiger partial charge in [0.2, 0.25) is 0 Å². The number of hydrogen-bond donors (Lipinski definition) is 1. The summed E-state index contributed by atoms with van der Waals surface area (Å²) in [5.41, 5.74) is 3.61. The molecule has 6 nitrogen and oxygen atoms in total. The van der Waals surface area contributed by atoms with E-state index in [0.717, 1.165) is 36.2 Å². The van der Waals surface area contributed by atoms with Crippen LogP contribution in [0.2, 0.25) is 0 Å². The summed E-state index contributed by atoms with van der Waals surface area (Å²) < 4.78 is 16.6. The molecule has 0 spiro atoms. The summed E-state index contributed by atoms with van der Waals surface area (Å²) in [4.78, 5) is 25.8. The minimum absolute atomic E-state index is 0.0740. The number of carbonyl (C=O) groups excluding carboxylic acids is 2. The van der Waals surface area contributed by atoms with Crippen LogP contribution in [0.4, 0.5) is 0 Å². The monoisotopic (exact) mass is 399 g/mol. The van der Waals surface area contributed by atoms with E-state index in [1.54, 1.807) is 7.11 Å². The number of dihydropyridines is 1. The molecule has 0 amide bonds. The van der Waals surface area contributed by atoms with Crippen LogP contribution in [-0.2, 0) is 14.3 Å². The zero-order valence-electron chi connectivity index (χ0n) is 17.6. The standard InChI is InChI=1S/C23H29NO5/c1-5-12-29-23(26)20-14(3)24-16-8-7-9-17(25)22(16)21(20)15-10-11-18(28-6-2)19(13-15)27-4/h10-11,13,21,24H,5-9,12H2,1-4H3. The Balaban J connectivity index is 2.12. The summed E-state index contributed by atoms with van der Waals surface area (Å²) in [6.45, 7) is 6.59. The Morgan fingerprint density at radius 2 is 2.00 bits per heavy atom. The number of methoxy groups -OCH3 is 1. The molecule has 1 heterocycles. The van der Waals surface area contributed by atoms with Crippen LogP contribution in [0.1, 0.15) is 57.9 Å². The Hall–Kier alpha value is -2.76. The topological polar surface area (TPSA) is 73.9 Å². The maximum atomic E-state index is 12.9. The zero-order chi connectivity index (χ0) is 21.0. The Kier molecular flexibility index (Phi) is 6.62. The molecule has 0 aromatic heterocycles. The van der Waals surface area contributed by atoms with Crippen molar-refractivity contribution in [2.45, 2.75) is 52.4 Å². The van der Waals surface area contributed by atoms with Gasteiger partial charge in [0.05, 0.1) is 25.9 Å². The first-order valence-electron chi connectivity index (χ1n) is 10.2. The summed E-state index contributed by atoms with van der Waals surface area (Å²) in [7, 11) is 1.58. The Morgan fingerprint density at radius 3 is 2.69 bits per heavy atom. The molecule has 1 N–H and O–H groups in total. The van der Waals surface area contributed by atoms with Crippen LogP contribution in [0.15, 0.2) is 40.7 Å². The van der Waals surface area contributed by atoms with Crippen molar-refractivity contribution >= 4 is 11.8 Å². The van der Waals surface area contributed by atoms with E-state index < -0.39 is 5.92 Å². The molecule has 1 unspecified atom stereocenters. The van der Waals surface area contributed by atoms with Gasteiger partial charge in [-0.25, -0.2) is 4.79 Å². The van der Waals surface area contributed by atoms with Gasteiger partial charge in [0, 0.05) is 29.3 Å². The normalized spacial score (nSPS) is 18.9. The van der Waals surface area contributed by atoms with Gasteiger partial charge < -0.3 is 19.5 Å². The average molecular weight is 399 g/mol. The second-order valence-corrected chi connectivity index (χ2v) is 7.24. The van der Waals surface area contributed by atoms with E-state index in [0.29, 0.717) is 42.3 Å². The van der Waals surface area contributed by atoms with E-state index in [1.165, 1.54) is 0 Å². The second kappa shape index (κ2) is 9.16. The van der Waals surface area contributed by atoms with Crippen LogP contribution in [-0.4, -0.2) is 32.1 Å². The van der Waals surface area contributed by atoms with E-state index in [2.05, 4.69) is 5.32 Å². The van der Waals surface area contributed by atoms with Gasteiger partial charge >= 0.3 is 5.97 Å². The number of ketones is 1. The van der Waals surface area contributed by atoms with E-state index in [-0.39, 0.29) is 11.8 Å². The van der Waals surface area contributed by atoms with Crippen molar-refractivity contribution in [2.75, 3.05) is 20.3 Å². The second-order valence-electron chi connectivity index (χ2n) is 7.24. The van der Waals surface area contributed by atoms with Crippen LogP contribution < -0.4 is 14.8 Å². The van der Waals surface area contributed by atoms with Gasteiger partial charge in [0.1, 0.15) is 0 Å². The predicted molar refractivity (Wildman–Crippen MR) is 110 cm³/mol. The first kappa shape index (κ1) is 21.0. The molecule has 1 aliphatic carbocycles. The van der Waals surface area contributed by atoms with Crippen molar-refractivity contribution in [1.82, 2.24) is 5.32 Å². The van der Waals surface area contributed by atoms with Gasteiger partial charge in [-0.15, -0.1) is 0 Å². The molecule has 156 valence electrons. The summed E-state index contributed by atoms with van der Waals surface area (Å²) in [5, 5.41) is 3.30. The molecule has 1 aromatic carbocycles. The molecule has 1 atom stereocenters. The molecular formula is C23H29NO5. The van der Waals surface area contributed by atoms with Gasteiger partial charge in [-0.3, -0.25) is 4.79 Å². The molecule has 3 rings (SSSR count). The lowest BCUT2D eigenvalue weighted by molar-refractivity contribution is -0.139. The summed E-state index contributed by atoms with van der Waals surface area (Å²) in [6, 6.07) is 5.59. The van der Waals surface area contributed by atoms with E-state index in [1.807, 2.05) is 39.0 Å². The maximum Gasteiger partial charge on any atom is 0.336 e. The molecule has 0 radical (unpaired) electrons. The number of allylic oxidation sites excluding steroid dienone is 3. The summed E-state index contributed by atoms with van der Waals surface area (Å²) in [6.07, 6.45) is 2.83. The molecular weight excluding hydrogens is 370 g/mol. The number of Topliss-reactive ketones (excluding diaryl/α,β-unsaturated/α-hetero) is 1. The number of carbonyl (C=O) groups is 2. The fourth-order valence-corrected chi connectivity index (χ4v) is 4.00. The number of ether oxygens (including phenoxy) is 3. The van der Waals surface area contributed by atoms with Crippen molar-refractivity contribution in [2.24, 2.45) is 0 Å². The third-order valence-corrected chi connectivity index (χ3v) is 5.25. The molecule has 29 heavy (non-hydrogen) atoms. The minimum Gasteiger partial charge on any atom is -0.493 e. The van der Waals surface area contributed by atoms with Gasteiger partial charge in [0.15, 0.2) is 17.3 Å². The lowest BCUT2D eigenvalue weighted by Gasteiger charge is -2.34. The Labute approximate surface area is 171 Å². The van der Waals surface area contributed by atoms with Gasteiger partial charge in [-0.1, -0.05) is 13.0 Å². The number of rotatable bonds is 7. The lowest BCUT2D eigenvalue weighted by Crippen LogP contribution is -2.34. The van der Waals surface area contributed by atoms with Crippen molar-refractivity contribution in [3.05, 3.63) is 46.3 Å². The molecule has 6 heteroatoms. The molecule has 2 aliphatic rings. The highest BCUT2D eigenvalue weighted by molar-refractivity contribution is 6.03. The zero-order valence-corrected chi connectivity index (χ0v) is 17.6. The van der Waals surface area contributed by atoms with E-state index in [9.17, 15) is 9.59 Å². The fourth-order valence-electron chi connectivity index (χ4n) is 4.00. The summed E-state index contributed by atoms with van der Waals surface area (Å²) in [5.74, 6) is 0.414. The molecule has 0 fully saturated rings. The Morgan fingerprint density at radius 1 is 1.21 bits per heavy atom.